The lowest BCUT2D eigenvalue weighted by atomic mass is 9.99. The molecule has 1 aliphatic heterocycles. The Morgan fingerprint density at radius 1 is 1.33 bits per heavy atom. The maximum Gasteiger partial charge on any atom is 0.272 e. The van der Waals surface area contributed by atoms with Crippen LogP contribution in [0.1, 0.15) is 43.1 Å². The Labute approximate surface area is 150 Å². The second kappa shape index (κ2) is 7.75. The molecule has 0 saturated carbocycles. The van der Waals surface area contributed by atoms with Crippen LogP contribution in [-0.4, -0.2) is 33.4 Å². The summed E-state index contributed by atoms with van der Waals surface area (Å²) in [6, 6.07) is 9.84. The van der Waals surface area contributed by atoms with Crippen molar-refractivity contribution in [1.29, 1.82) is 0 Å². The quantitative estimate of drug-likeness (QED) is 0.843. The van der Waals surface area contributed by atoms with Gasteiger partial charge in [-0.25, -0.2) is 9.97 Å². The van der Waals surface area contributed by atoms with Crippen molar-refractivity contribution in [3.63, 3.8) is 0 Å². The fourth-order valence-electron chi connectivity index (χ4n) is 3.08. The molecule has 1 saturated heterocycles. The van der Waals surface area contributed by atoms with Crippen LogP contribution in [-0.2, 0) is 0 Å². The van der Waals surface area contributed by atoms with Crippen LogP contribution in [0.5, 0.6) is 0 Å². The SMILES string of the molecule is CCC1CCCCN1C(=O)c1cc(Nc2ccccc2Br)ncn1. The number of piperidine rings is 1. The number of hydrogen-bond acceptors (Lipinski definition) is 4. The average Bonchev–Trinajstić information content (AvgIpc) is 2.63. The molecule has 1 aromatic heterocycles. The number of aromatic nitrogens is 2. The molecule has 3 rings (SSSR count). The van der Waals surface area contributed by atoms with Crippen molar-refractivity contribution in [2.75, 3.05) is 11.9 Å². The lowest BCUT2D eigenvalue weighted by Crippen LogP contribution is -2.43. The molecule has 1 fully saturated rings. The first-order chi connectivity index (χ1) is 11.7. The van der Waals surface area contributed by atoms with Gasteiger partial charge in [-0.3, -0.25) is 4.79 Å². The normalized spacial score (nSPS) is 17.6. The summed E-state index contributed by atoms with van der Waals surface area (Å²) in [6.07, 6.45) is 5.77. The second-order valence-electron chi connectivity index (χ2n) is 5.95. The molecule has 2 heterocycles. The highest BCUT2D eigenvalue weighted by molar-refractivity contribution is 9.10. The molecule has 0 aliphatic carbocycles. The number of benzene rings is 1. The maximum absolute atomic E-state index is 12.8. The summed E-state index contributed by atoms with van der Waals surface area (Å²) < 4.78 is 0.943. The van der Waals surface area contributed by atoms with Gasteiger partial charge < -0.3 is 10.2 Å². The van der Waals surface area contributed by atoms with Crippen LogP contribution in [0.2, 0.25) is 0 Å². The summed E-state index contributed by atoms with van der Waals surface area (Å²) in [6.45, 7) is 2.95. The van der Waals surface area contributed by atoms with E-state index >= 15 is 0 Å². The number of hydrogen-bond donors (Lipinski definition) is 1. The van der Waals surface area contributed by atoms with Crippen molar-refractivity contribution < 1.29 is 4.79 Å². The Kier molecular flexibility index (Phi) is 5.45. The van der Waals surface area contributed by atoms with E-state index in [2.05, 4.69) is 38.1 Å². The molecule has 1 atom stereocenters. The number of amides is 1. The van der Waals surface area contributed by atoms with E-state index in [1.807, 2.05) is 29.2 Å². The number of nitrogens with zero attached hydrogens (tertiary/aromatic N) is 3. The Bertz CT molecular complexity index is 722. The molecule has 1 N–H and O–H groups in total. The van der Waals surface area contributed by atoms with Gasteiger partial charge in [-0.1, -0.05) is 19.1 Å². The first kappa shape index (κ1) is 16.9. The lowest BCUT2D eigenvalue weighted by molar-refractivity contribution is 0.0602. The number of halogens is 1. The molecule has 1 aliphatic rings. The molecule has 0 spiro atoms. The molecule has 24 heavy (non-hydrogen) atoms. The molecule has 126 valence electrons. The summed E-state index contributed by atoms with van der Waals surface area (Å²) >= 11 is 3.50. The zero-order chi connectivity index (χ0) is 16.9. The zero-order valence-electron chi connectivity index (χ0n) is 13.7. The minimum Gasteiger partial charge on any atom is -0.339 e. The lowest BCUT2D eigenvalue weighted by Gasteiger charge is -2.35. The molecule has 6 heteroatoms. The minimum atomic E-state index is -0.000808. The Morgan fingerprint density at radius 2 is 2.17 bits per heavy atom. The second-order valence-corrected chi connectivity index (χ2v) is 6.80. The summed E-state index contributed by atoms with van der Waals surface area (Å²) in [5.74, 6) is 0.615. The number of nitrogens with one attached hydrogen (secondary N) is 1. The topological polar surface area (TPSA) is 58.1 Å². The Balaban J connectivity index is 1.79. The molecule has 1 aromatic carbocycles. The van der Waals surface area contributed by atoms with Crippen molar-refractivity contribution >= 4 is 33.3 Å². The number of anilines is 2. The van der Waals surface area contributed by atoms with E-state index in [1.54, 1.807) is 6.07 Å². The largest absolute Gasteiger partial charge is 0.339 e. The van der Waals surface area contributed by atoms with Gasteiger partial charge in [-0.05, 0) is 53.7 Å². The summed E-state index contributed by atoms with van der Waals surface area (Å²) in [5, 5.41) is 3.23. The van der Waals surface area contributed by atoms with E-state index in [1.165, 1.54) is 12.7 Å². The predicted molar refractivity (Wildman–Crippen MR) is 98.4 cm³/mol. The standard InChI is InChI=1S/C18H21BrN4O/c1-2-13-7-5-6-10-23(13)18(24)16-11-17(21-12-20-16)22-15-9-4-3-8-14(15)19/h3-4,8-9,11-13H,2,5-7,10H2,1H3,(H,20,21,22). The van der Waals surface area contributed by atoms with Gasteiger partial charge in [-0.2, -0.15) is 0 Å². The van der Waals surface area contributed by atoms with Crippen molar-refractivity contribution in [3.05, 3.63) is 46.8 Å². The van der Waals surface area contributed by atoms with Crippen LogP contribution in [0, 0.1) is 0 Å². The van der Waals surface area contributed by atoms with E-state index in [0.29, 0.717) is 17.6 Å². The molecule has 0 radical (unpaired) electrons. The molecular formula is C18H21BrN4O. The smallest absolute Gasteiger partial charge is 0.272 e. The van der Waals surface area contributed by atoms with Gasteiger partial charge in [0.2, 0.25) is 0 Å². The van der Waals surface area contributed by atoms with Crippen LogP contribution in [0.25, 0.3) is 0 Å². The van der Waals surface area contributed by atoms with Crippen LogP contribution < -0.4 is 5.32 Å². The van der Waals surface area contributed by atoms with E-state index in [9.17, 15) is 4.79 Å². The van der Waals surface area contributed by atoms with Crippen molar-refractivity contribution in [2.24, 2.45) is 0 Å². The molecule has 2 aromatic rings. The number of rotatable bonds is 4. The fourth-order valence-corrected chi connectivity index (χ4v) is 3.47. The van der Waals surface area contributed by atoms with Crippen LogP contribution >= 0.6 is 15.9 Å². The van der Waals surface area contributed by atoms with Gasteiger partial charge in [0.25, 0.3) is 5.91 Å². The molecule has 0 bridgehead atoms. The van der Waals surface area contributed by atoms with Crippen LogP contribution in [0.3, 0.4) is 0 Å². The first-order valence-corrected chi connectivity index (χ1v) is 9.13. The van der Waals surface area contributed by atoms with Gasteiger partial charge >= 0.3 is 0 Å². The fraction of sp³-hybridized carbons (Fsp3) is 0.389. The Hall–Kier alpha value is -1.95. The highest BCUT2D eigenvalue weighted by Gasteiger charge is 2.27. The molecule has 1 unspecified atom stereocenters. The van der Waals surface area contributed by atoms with Crippen LogP contribution in [0.15, 0.2) is 41.1 Å². The number of carbonyl (C=O) groups excluding carboxylic acids is 1. The molecule has 5 nitrogen and oxygen atoms in total. The van der Waals surface area contributed by atoms with Gasteiger partial charge in [0.1, 0.15) is 17.8 Å². The summed E-state index contributed by atoms with van der Waals surface area (Å²) in [4.78, 5) is 23.2. The van der Waals surface area contributed by atoms with E-state index < -0.39 is 0 Å². The predicted octanol–water partition coefficient (Wildman–Crippen LogP) is 4.39. The van der Waals surface area contributed by atoms with Crippen molar-refractivity contribution in [1.82, 2.24) is 14.9 Å². The highest BCUT2D eigenvalue weighted by Crippen LogP contribution is 2.25. The van der Waals surface area contributed by atoms with Crippen molar-refractivity contribution in [3.8, 4) is 0 Å². The zero-order valence-corrected chi connectivity index (χ0v) is 15.3. The third kappa shape index (κ3) is 3.75. The summed E-state index contributed by atoms with van der Waals surface area (Å²) in [7, 11) is 0. The molecular weight excluding hydrogens is 368 g/mol. The number of carbonyl (C=O) groups is 1. The van der Waals surface area contributed by atoms with E-state index in [4.69, 9.17) is 0 Å². The number of likely N-dealkylation sites (tertiary alicyclic amines) is 1. The monoisotopic (exact) mass is 388 g/mol. The number of para-hydroxylation sites is 1. The van der Waals surface area contributed by atoms with Gasteiger partial charge in [-0.15, -0.1) is 0 Å². The van der Waals surface area contributed by atoms with Gasteiger partial charge in [0.15, 0.2) is 0 Å². The van der Waals surface area contributed by atoms with E-state index in [0.717, 1.165) is 36.0 Å². The van der Waals surface area contributed by atoms with Crippen LogP contribution in [0.4, 0.5) is 11.5 Å². The van der Waals surface area contributed by atoms with Crippen molar-refractivity contribution in [2.45, 2.75) is 38.6 Å². The minimum absolute atomic E-state index is 0.000808. The average molecular weight is 389 g/mol. The highest BCUT2D eigenvalue weighted by atomic mass is 79.9. The van der Waals surface area contributed by atoms with Gasteiger partial charge in [0.05, 0.1) is 5.69 Å². The third-order valence-corrected chi connectivity index (χ3v) is 5.07. The summed E-state index contributed by atoms with van der Waals surface area (Å²) in [5.41, 5.74) is 1.35. The van der Waals surface area contributed by atoms with Gasteiger partial charge in [0, 0.05) is 23.1 Å². The maximum atomic E-state index is 12.8. The first-order valence-electron chi connectivity index (χ1n) is 8.33. The molecule has 1 amide bonds. The third-order valence-electron chi connectivity index (χ3n) is 4.38. The van der Waals surface area contributed by atoms with E-state index in [-0.39, 0.29) is 5.91 Å². The Morgan fingerprint density at radius 3 is 2.96 bits per heavy atom.